The molecule has 3 heterocycles. The van der Waals surface area contributed by atoms with Gasteiger partial charge in [0.15, 0.2) is 5.65 Å². The van der Waals surface area contributed by atoms with E-state index in [4.69, 9.17) is 0 Å². The summed E-state index contributed by atoms with van der Waals surface area (Å²) in [6.45, 7) is 6.15. The van der Waals surface area contributed by atoms with E-state index in [9.17, 15) is 10.0 Å². The van der Waals surface area contributed by atoms with Crippen molar-refractivity contribution in [2.75, 3.05) is 31.1 Å². The number of nitrogens with zero attached hydrogens (tertiary/aromatic N) is 4. The van der Waals surface area contributed by atoms with Crippen LogP contribution in [0, 0.1) is 0 Å². The van der Waals surface area contributed by atoms with Gasteiger partial charge in [-0.1, -0.05) is 42.5 Å². The number of anilines is 1. The van der Waals surface area contributed by atoms with Gasteiger partial charge in [-0.05, 0) is 47.9 Å². The lowest BCUT2D eigenvalue weighted by molar-refractivity contribution is 0.187. The molecule has 0 spiro atoms. The Hall–Kier alpha value is -3.64. The molecule has 6 nitrogen and oxygen atoms in total. The lowest BCUT2D eigenvalue weighted by Crippen LogP contribution is -2.47. The molecule has 1 aliphatic rings. The quantitative estimate of drug-likeness (QED) is 0.496. The van der Waals surface area contributed by atoms with Gasteiger partial charge in [-0.3, -0.25) is 9.69 Å². The van der Waals surface area contributed by atoms with Crippen molar-refractivity contribution in [1.82, 2.24) is 14.6 Å². The Labute approximate surface area is 186 Å². The minimum atomic E-state index is -0.486. The molecule has 1 saturated heterocycles. The van der Waals surface area contributed by atoms with Gasteiger partial charge in [-0.15, -0.1) is 4.73 Å². The molecule has 0 aliphatic carbocycles. The fourth-order valence-corrected chi connectivity index (χ4v) is 4.56. The Kier molecular flexibility index (Phi) is 5.37. The lowest BCUT2D eigenvalue weighted by atomic mass is 10.0. The smallest absolute Gasteiger partial charge is 0.285 e. The zero-order valence-corrected chi connectivity index (χ0v) is 18.1. The number of piperazine rings is 1. The largest absolute Gasteiger partial charge is 0.423 e. The average Bonchev–Trinajstić information content (AvgIpc) is 2.86. The molecule has 1 unspecified atom stereocenters. The summed E-state index contributed by atoms with van der Waals surface area (Å²) in [5, 5.41) is 10.8. The Morgan fingerprint density at radius 1 is 0.906 bits per heavy atom. The van der Waals surface area contributed by atoms with E-state index in [2.05, 4.69) is 64.2 Å². The molecule has 32 heavy (non-hydrogen) atoms. The van der Waals surface area contributed by atoms with E-state index < -0.39 is 5.56 Å². The van der Waals surface area contributed by atoms with E-state index in [0.29, 0.717) is 10.8 Å². The second-order valence-electron chi connectivity index (χ2n) is 8.24. The highest BCUT2D eigenvalue weighted by atomic mass is 16.5. The third-order valence-electron chi connectivity index (χ3n) is 6.42. The van der Waals surface area contributed by atoms with Gasteiger partial charge in [0.25, 0.3) is 5.56 Å². The van der Waals surface area contributed by atoms with E-state index in [-0.39, 0.29) is 5.65 Å². The lowest BCUT2D eigenvalue weighted by Gasteiger charge is -2.39. The van der Waals surface area contributed by atoms with Gasteiger partial charge >= 0.3 is 0 Å². The molecule has 2 aromatic heterocycles. The average molecular weight is 427 g/mol. The third kappa shape index (κ3) is 3.74. The summed E-state index contributed by atoms with van der Waals surface area (Å²) in [6, 6.07) is 24.5. The summed E-state index contributed by atoms with van der Waals surface area (Å²) in [6.07, 6.45) is 1.57. The summed E-state index contributed by atoms with van der Waals surface area (Å²) < 4.78 is 0.607. The van der Waals surface area contributed by atoms with Gasteiger partial charge in [-0.25, -0.2) is 4.98 Å². The van der Waals surface area contributed by atoms with Crippen LogP contribution < -0.4 is 10.5 Å². The highest BCUT2D eigenvalue weighted by molar-refractivity contribution is 5.93. The van der Waals surface area contributed by atoms with Crippen LogP contribution in [0.1, 0.15) is 18.5 Å². The first kappa shape index (κ1) is 20.3. The highest BCUT2D eigenvalue weighted by Gasteiger charge is 2.22. The number of rotatable bonds is 4. The predicted octanol–water partition coefficient (Wildman–Crippen LogP) is 4.18. The van der Waals surface area contributed by atoms with Gasteiger partial charge in [0, 0.05) is 55.6 Å². The van der Waals surface area contributed by atoms with Crippen LogP contribution in [0.2, 0.25) is 0 Å². The molecular weight excluding hydrogens is 400 g/mol. The van der Waals surface area contributed by atoms with Crippen LogP contribution in [-0.4, -0.2) is 46.0 Å². The maximum absolute atomic E-state index is 12.3. The molecule has 6 heteroatoms. The first-order chi connectivity index (χ1) is 15.6. The van der Waals surface area contributed by atoms with Crippen LogP contribution in [0.3, 0.4) is 0 Å². The molecule has 0 bridgehead atoms. The van der Waals surface area contributed by atoms with Crippen LogP contribution in [0.15, 0.2) is 83.8 Å². The molecule has 162 valence electrons. The van der Waals surface area contributed by atoms with Gasteiger partial charge in [0.05, 0.1) is 0 Å². The van der Waals surface area contributed by atoms with Gasteiger partial charge < -0.3 is 10.1 Å². The van der Waals surface area contributed by atoms with Gasteiger partial charge in [0.1, 0.15) is 0 Å². The Morgan fingerprint density at radius 2 is 1.69 bits per heavy atom. The summed E-state index contributed by atoms with van der Waals surface area (Å²) >= 11 is 0. The molecule has 1 aliphatic heterocycles. The molecule has 4 aromatic rings. The summed E-state index contributed by atoms with van der Waals surface area (Å²) in [7, 11) is 0. The number of hydrogen-bond acceptors (Lipinski definition) is 5. The monoisotopic (exact) mass is 426 g/mol. The van der Waals surface area contributed by atoms with Crippen LogP contribution >= 0.6 is 0 Å². The van der Waals surface area contributed by atoms with E-state index >= 15 is 0 Å². The summed E-state index contributed by atoms with van der Waals surface area (Å²) in [5.41, 5.74) is 3.99. The van der Waals surface area contributed by atoms with E-state index in [0.717, 1.165) is 48.4 Å². The molecular formula is C26H26N4O2. The van der Waals surface area contributed by atoms with E-state index in [1.54, 1.807) is 6.20 Å². The zero-order chi connectivity index (χ0) is 22.1. The van der Waals surface area contributed by atoms with Crippen molar-refractivity contribution in [1.29, 1.82) is 0 Å². The Balaban J connectivity index is 1.39. The molecule has 1 N–H and O–H groups in total. The molecule has 0 amide bonds. The van der Waals surface area contributed by atoms with Crippen molar-refractivity contribution in [3.05, 3.63) is 94.9 Å². The summed E-state index contributed by atoms with van der Waals surface area (Å²) in [4.78, 5) is 21.4. The van der Waals surface area contributed by atoms with Crippen molar-refractivity contribution in [2.45, 2.75) is 13.0 Å². The van der Waals surface area contributed by atoms with Crippen LogP contribution in [0.25, 0.3) is 22.2 Å². The fraction of sp³-hybridized carbons (Fsp3) is 0.231. The van der Waals surface area contributed by atoms with E-state index in [1.165, 1.54) is 11.6 Å². The SMILES string of the molecule is CC(c1ccccc1)N1CCN(c2cccc(-c3cc(=O)n(O)c4ncccc34)c2)CC1. The standard InChI is InChI=1S/C26H26N4O2/c1-19(20-7-3-2-4-8-20)28-13-15-29(16-14-28)22-10-5-9-21(17-22)24-18-25(31)30(32)26-23(24)11-6-12-27-26/h2-12,17-19,32H,13-16H2,1H3. The van der Waals surface area contributed by atoms with Crippen molar-refractivity contribution >= 4 is 16.7 Å². The highest BCUT2D eigenvalue weighted by Crippen LogP contribution is 2.30. The van der Waals surface area contributed by atoms with Crippen LogP contribution in [-0.2, 0) is 0 Å². The van der Waals surface area contributed by atoms with Crippen molar-refractivity contribution in [2.24, 2.45) is 0 Å². The fourth-order valence-electron chi connectivity index (χ4n) is 4.56. The molecule has 1 atom stereocenters. The molecule has 5 rings (SSSR count). The topological polar surface area (TPSA) is 61.6 Å². The van der Waals surface area contributed by atoms with E-state index in [1.807, 2.05) is 24.3 Å². The number of fused-ring (bicyclic) bond motifs is 1. The number of benzene rings is 2. The van der Waals surface area contributed by atoms with Crippen LogP contribution in [0.4, 0.5) is 5.69 Å². The second-order valence-corrected chi connectivity index (χ2v) is 8.24. The number of hydrogen-bond donors (Lipinski definition) is 1. The first-order valence-electron chi connectivity index (χ1n) is 11.0. The van der Waals surface area contributed by atoms with Crippen molar-refractivity contribution < 1.29 is 5.21 Å². The molecule has 2 aromatic carbocycles. The minimum Gasteiger partial charge on any atom is -0.423 e. The molecule has 0 radical (unpaired) electrons. The normalized spacial score (nSPS) is 15.7. The summed E-state index contributed by atoms with van der Waals surface area (Å²) in [5.74, 6) is 0. The predicted molar refractivity (Wildman–Crippen MR) is 127 cm³/mol. The zero-order valence-electron chi connectivity index (χ0n) is 18.1. The molecule has 1 fully saturated rings. The maximum Gasteiger partial charge on any atom is 0.285 e. The minimum absolute atomic E-state index is 0.268. The number of aromatic nitrogens is 2. The van der Waals surface area contributed by atoms with Gasteiger partial charge in [-0.2, -0.15) is 0 Å². The van der Waals surface area contributed by atoms with Crippen LogP contribution in [0.5, 0.6) is 0 Å². The Bertz CT molecular complexity index is 1290. The van der Waals surface area contributed by atoms with Gasteiger partial charge in [0.2, 0.25) is 0 Å². The third-order valence-corrected chi connectivity index (χ3v) is 6.42. The first-order valence-corrected chi connectivity index (χ1v) is 11.0. The van der Waals surface area contributed by atoms with Crippen molar-refractivity contribution in [3.8, 4) is 11.1 Å². The molecule has 0 saturated carbocycles. The van der Waals surface area contributed by atoms with Crippen molar-refractivity contribution in [3.63, 3.8) is 0 Å². The number of pyridine rings is 2. The Morgan fingerprint density at radius 3 is 2.47 bits per heavy atom. The second kappa shape index (κ2) is 8.48. The maximum atomic E-state index is 12.3.